The predicted molar refractivity (Wildman–Crippen MR) is 75.2 cm³/mol. The van der Waals surface area contributed by atoms with Gasteiger partial charge in [0.25, 0.3) is 0 Å². The van der Waals surface area contributed by atoms with Crippen molar-refractivity contribution in [1.82, 2.24) is 0 Å². The Morgan fingerprint density at radius 1 is 1.39 bits per heavy atom. The molecule has 0 spiro atoms. The van der Waals surface area contributed by atoms with E-state index in [2.05, 4.69) is 0 Å². The first-order chi connectivity index (χ1) is 8.63. The number of ether oxygens (including phenoxy) is 2. The van der Waals surface area contributed by atoms with Crippen LogP contribution in [0.3, 0.4) is 0 Å². The topological polar surface area (TPSA) is 18.5 Å². The fourth-order valence-electron chi connectivity index (χ4n) is 2.06. The summed E-state index contributed by atoms with van der Waals surface area (Å²) in [5, 5.41) is 0.962. The minimum absolute atomic E-state index is 0.173. The van der Waals surface area contributed by atoms with E-state index in [0.717, 1.165) is 18.6 Å². The summed E-state index contributed by atoms with van der Waals surface area (Å²) in [4.78, 5) is 0. The van der Waals surface area contributed by atoms with Crippen LogP contribution in [0.15, 0.2) is 12.1 Å². The molecular formula is C13H15Cl3O2. The van der Waals surface area contributed by atoms with Crippen molar-refractivity contribution in [3.8, 4) is 5.75 Å². The molecule has 0 aliphatic carbocycles. The largest absolute Gasteiger partial charge is 0.492 e. The summed E-state index contributed by atoms with van der Waals surface area (Å²) in [6.45, 7) is 3.89. The van der Waals surface area contributed by atoms with Crippen molar-refractivity contribution in [1.29, 1.82) is 0 Å². The van der Waals surface area contributed by atoms with Gasteiger partial charge in [-0.05, 0) is 25.0 Å². The van der Waals surface area contributed by atoms with Crippen LogP contribution in [0.2, 0.25) is 10.0 Å². The second-order valence-corrected chi connectivity index (χ2v) is 5.55. The zero-order chi connectivity index (χ0) is 13.1. The highest BCUT2D eigenvalue weighted by Crippen LogP contribution is 2.41. The molecule has 0 bridgehead atoms. The van der Waals surface area contributed by atoms with Gasteiger partial charge in [-0.15, -0.1) is 11.6 Å². The molecule has 2 rings (SSSR count). The van der Waals surface area contributed by atoms with Gasteiger partial charge in [-0.2, -0.15) is 0 Å². The number of hydrogen-bond acceptors (Lipinski definition) is 2. The Morgan fingerprint density at radius 3 is 2.78 bits per heavy atom. The smallest absolute Gasteiger partial charge is 0.139 e. The van der Waals surface area contributed by atoms with Crippen molar-refractivity contribution in [2.24, 2.45) is 5.92 Å². The molecule has 18 heavy (non-hydrogen) atoms. The SMILES string of the molecule is CCOc1cc(Cl)c(C(Cl)C2CCOC2)cc1Cl. The zero-order valence-electron chi connectivity index (χ0n) is 10.1. The summed E-state index contributed by atoms with van der Waals surface area (Å²) in [7, 11) is 0. The molecular weight excluding hydrogens is 294 g/mol. The van der Waals surface area contributed by atoms with E-state index in [-0.39, 0.29) is 11.3 Å². The van der Waals surface area contributed by atoms with E-state index in [1.807, 2.05) is 6.92 Å². The van der Waals surface area contributed by atoms with Crippen molar-refractivity contribution in [3.63, 3.8) is 0 Å². The third-order valence-corrected chi connectivity index (χ3v) is 4.24. The van der Waals surface area contributed by atoms with Gasteiger partial charge in [-0.3, -0.25) is 0 Å². The average Bonchev–Trinajstić information content (AvgIpc) is 2.86. The molecule has 1 fully saturated rings. The molecule has 2 nitrogen and oxygen atoms in total. The van der Waals surface area contributed by atoms with Crippen LogP contribution in [-0.2, 0) is 4.74 Å². The van der Waals surface area contributed by atoms with Gasteiger partial charge in [0, 0.05) is 23.6 Å². The van der Waals surface area contributed by atoms with E-state index in [1.165, 1.54) is 0 Å². The molecule has 0 aromatic heterocycles. The fraction of sp³-hybridized carbons (Fsp3) is 0.538. The van der Waals surface area contributed by atoms with Gasteiger partial charge < -0.3 is 9.47 Å². The monoisotopic (exact) mass is 308 g/mol. The highest BCUT2D eigenvalue weighted by atomic mass is 35.5. The molecule has 1 saturated heterocycles. The fourth-order valence-corrected chi connectivity index (χ4v) is 2.99. The second kappa shape index (κ2) is 6.33. The first-order valence-electron chi connectivity index (χ1n) is 5.97. The van der Waals surface area contributed by atoms with Crippen molar-refractivity contribution >= 4 is 34.8 Å². The van der Waals surface area contributed by atoms with E-state index in [1.54, 1.807) is 12.1 Å². The Hall–Kier alpha value is -0.150. The van der Waals surface area contributed by atoms with Gasteiger partial charge in [-0.1, -0.05) is 23.2 Å². The Labute approximate surface area is 122 Å². The lowest BCUT2D eigenvalue weighted by Crippen LogP contribution is -2.08. The summed E-state index contributed by atoms with van der Waals surface area (Å²) < 4.78 is 10.7. The molecule has 5 heteroatoms. The lowest BCUT2D eigenvalue weighted by atomic mass is 9.98. The summed E-state index contributed by atoms with van der Waals surface area (Å²) >= 11 is 18.9. The Bertz CT molecular complexity index is 417. The zero-order valence-corrected chi connectivity index (χ0v) is 12.4. The standard InChI is InChI=1S/C13H15Cl3O2/c1-2-18-12-6-10(14)9(5-11(12)15)13(16)8-3-4-17-7-8/h5-6,8,13H,2-4,7H2,1H3. The third-order valence-electron chi connectivity index (χ3n) is 3.03. The van der Waals surface area contributed by atoms with E-state index in [9.17, 15) is 0 Å². The molecule has 0 amide bonds. The first kappa shape index (κ1) is 14.3. The molecule has 1 aliphatic heterocycles. The van der Waals surface area contributed by atoms with Crippen LogP contribution in [0, 0.1) is 5.92 Å². The lowest BCUT2D eigenvalue weighted by Gasteiger charge is -2.18. The maximum atomic E-state index is 6.46. The molecule has 1 aliphatic rings. The Balaban J connectivity index is 2.24. The van der Waals surface area contributed by atoms with Crippen LogP contribution in [0.25, 0.3) is 0 Å². The minimum atomic E-state index is -0.173. The average molecular weight is 310 g/mol. The minimum Gasteiger partial charge on any atom is -0.492 e. The molecule has 0 saturated carbocycles. The molecule has 100 valence electrons. The second-order valence-electron chi connectivity index (χ2n) is 4.26. The van der Waals surface area contributed by atoms with Crippen LogP contribution in [0.1, 0.15) is 24.3 Å². The molecule has 0 radical (unpaired) electrons. The van der Waals surface area contributed by atoms with Gasteiger partial charge >= 0.3 is 0 Å². The molecule has 2 unspecified atom stereocenters. The van der Waals surface area contributed by atoms with Crippen LogP contribution < -0.4 is 4.74 Å². The summed E-state index contributed by atoms with van der Waals surface area (Å²) in [5.41, 5.74) is 0.849. The van der Waals surface area contributed by atoms with Gasteiger partial charge in [0.1, 0.15) is 5.75 Å². The Morgan fingerprint density at radius 2 is 2.17 bits per heavy atom. The first-order valence-corrected chi connectivity index (χ1v) is 7.16. The summed E-state index contributed by atoms with van der Waals surface area (Å²) in [6.07, 6.45) is 0.954. The number of rotatable bonds is 4. The van der Waals surface area contributed by atoms with Crippen LogP contribution in [0.4, 0.5) is 0 Å². The quantitative estimate of drug-likeness (QED) is 0.750. The van der Waals surface area contributed by atoms with Crippen molar-refractivity contribution in [2.75, 3.05) is 19.8 Å². The van der Waals surface area contributed by atoms with Gasteiger partial charge in [0.05, 0.1) is 23.6 Å². The molecule has 1 aromatic rings. The van der Waals surface area contributed by atoms with Crippen molar-refractivity contribution < 1.29 is 9.47 Å². The number of halogens is 3. The van der Waals surface area contributed by atoms with Gasteiger partial charge in [0.15, 0.2) is 0 Å². The van der Waals surface area contributed by atoms with Crippen molar-refractivity contribution in [3.05, 3.63) is 27.7 Å². The molecule has 2 atom stereocenters. The maximum absolute atomic E-state index is 6.46. The highest BCUT2D eigenvalue weighted by Gasteiger charge is 2.27. The van der Waals surface area contributed by atoms with Crippen LogP contribution in [0.5, 0.6) is 5.75 Å². The van der Waals surface area contributed by atoms with Crippen molar-refractivity contribution in [2.45, 2.75) is 18.7 Å². The van der Waals surface area contributed by atoms with Crippen LogP contribution in [-0.4, -0.2) is 19.8 Å². The van der Waals surface area contributed by atoms with E-state index < -0.39 is 0 Å². The molecule has 1 aromatic carbocycles. The summed E-state index contributed by atoms with van der Waals surface area (Å²) in [5.74, 6) is 0.887. The Kier molecular flexibility index (Phi) is 5.02. The normalized spacial score (nSPS) is 21.0. The molecule has 0 N–H and O–H groups in total. The predicted octanol–water partition coefficient (Wildman–Crippen LogP) is 4.71. The highest BCUT2D eigenvalue weighted by molar-refractivity contribution is 6.35. The van der Waals surface area contributed by atoms with Crippen LogP contribution >= 0.6 is 34.8 Å². The third kappa shape index (κ3) is 3.05. The number of hydrogen-bond donors (Lipinski definition) is 0. The number of benzene rings is 1. The lowest BCUT2D eigenvalue weighted by molar-refractivity contribution is 0.185. The number of alkyl halides is 1. The van der Waals surface area contributed by atoms with E-state index in [0.29, 0.717) is 29.0 Å². The van der Waals surface area contributed by atoms with Gasteiger partial charge in [-0.25, -0.2) is 0 Å². The van der Waals surface area contributed by atoms with Gasteiger partial charge in [0.2, 0.25) is 0 Å². The van der Waals surface area contributed by atoms with E-state index >= 15 is 0 Å². The summed E-state index contributed by atoms with van der Waals surface area (Å²) in [6, 6.07) is 3.53. The molecule has 1 heterocycles. The maximum Gasteiger partial charge on any atom is 0.139 e. The van der Waals surface area contributed by atoms with E-state index in [4.69, 9.17) is 44.3 Å².